The van der Waals surface area contributed by atoms with Gasteiger partial charge in [0.2, 0.25) is 5.91 Å². The Labute approximate surface area is 152 Å². The molecule has 0 saturated carbocycles. The van der Waals surface area contributed by atoms with Crippen molar-refractivity contribution >= 4 is 17.2 Å². The summed E-state index contributed by atoms with van der Waals surface area (Å²) in [5.41, 5.74) is 2.46. The molecule has 130 valence electrons. The second-order valence-electron chi connectivity index (χ2n) is 6.29. The minimum absolute atomic E-state index is 0.107. The lowest BCUT2D eigenvalue weighted by atomic mass is 9.92. The fourth-order valence-corrected chi connectivity index (χ4v) is 3.70. The van der Waals surface area contributed by atoms with Gasteiger partial charge in [-0.25, -0.2) is 0 Å². The number of thiophene rings is 1. The van der Waals surface area contributed by atoms with E-state index in [2.05, 4.69) is 37.3 Å². The second kappa shape index (κ2) is 8.17. The van der Waals surface area contributed by atoms with Gasteiger partial charge in [0.25, 0.3) is 0 Å². The first-order valence-corrected chi connectivity index (χ1v) is 9.39. The molecule has 3 rings (SSSR count). The number of hydrogen-bond donors (Lipinski definition) is 0. The molecule has 3 aromatic rings. The molecule has 0 aliphatic heterocycles. The Bertz CT molecular complexity index is 776. The van der Waals surface area contributed by atoms with Crippen molar-refractivity contribution in [1.82, 2.24) is 4.90 Å². The van der Waals surface area contributed by atoms with Crippen LogP contribution in [0.5, 0.6) is 0 Å². The predicted molar refractivity (Wildman–Crippen MR) is 102 cm³/mol. The lowest BCUT2D eigenvalue weighted by Crippen LogP contribution is -2.30. The number of hydrogen-bond acceptors (Lipinski definition) is 3. The minimum atomic E-state index is 0.107. The molecular weight excluding hydrogens is 330 g/mol. The topological polar surface area (TPSA) is 33.5 Å². The van der Waals surface area contributed by atoms with Crippen LogP contribution in [0.3, 0.4) is 0 Å². The van der Waals surface area contributed by atoms with Gasteiger partial charge in [-0.05, 0) is 42.5 Å². The molecule has 1 aromatic carbocycles. The summed E-state index contributed by atoms with van der Waals surface area (Å²) in [4.78, 5) is 15.2. The van der Waals surface area contributed by atoms with Gasteiger partial charge in [0.15, 0.2) is 0 Å². The molecule has 4 heteroatoms. The SMILES string of the molecule is CC(=O)N(CC[C@@H](c1ccc(C)cc1)c1ccco1)Cc1cccs1. The van der Waals surface area contributed by atoms with Crippen molar-refractivity contribution < 1.29 is 9.21 Å². The van der Waals surface area contributed by atoms with Crippen molar-refractivity contribution in [1.29, 1.82) is 0 Å². The highest BCUT2D eigenvalue weighted by Gasteiger charge is 2.19. The summed E-state index contributed by atoms with van der Waals surface area (Å²) in [6.07, 6.45) is 2.55. The van der Waals surface area contributed by atoms with Crippen LogP contribution in [0, 0.1) is 6.92 Å². The molecule has 1 amide bonds. The predicted octanol–water partition coefficient (Wildman–Crippen LogP) is 5.22. The molecule has 0 radical (unpaired) electrons. The maximum atomic E-state index is 12.1. The molecule has 1 atom stereocenters. The van der Waals surface area contributed by atoms with E-state index >= 15 is 0 Å². The number of carbonyl (C=O) groups is 1. The molecule has 25 heavy (non-hydrogen) atoms. The van der Waals surface area contributed by atoms with Crippen LogP contribution >= 0.6 is 11.3 Å². The zero-order valence-corrected chi connectivity index (χ0v) is 15.5. The van der Waals surface area contributed by atoms with Crippen molar-refractivity contribution in [3.63, 3.8) is 0 Å². The average Bonchev–Trinajstić information content (AvgIpc) is 3.29. The van der Waals surface area contributed by atoms with E-state index in [0.717, 1.165) is 12.2 Å². The van der Waals surface area contributed by atoms with E-state index in [1.54, 1.807) is 24.5 Å². The van der Waals surface area contributed by atoms with Crippen LogP contribution in [-0.2, 0) is 11.3 Å². The van der Waals surface area contributed by atoms with Crippen LogP contribution in [0.25, 0.3) is 0 Å². The number of furan rings is 1. The van der Waals surface area contributed by atoms with Crippen LogP contribution in [0.1, 0.15) is 41.0 Å². The van der Waals surface area contributed by atoms with Gasteiger partial charge in [0.1, 0.15) is 5.76 Å². The first kappa shape index (κ1) is 17.5. The van der Waals surface area contributed by atoms with E-state index in [1.165, 1.54) is 16.0 Å². The third-order valence-electron chi connectivity index (χ3n) is 4.43. The number of benzene rings is 1. The molecule has 0 aliphatic rings. The third kappa shape index (κ3) is 4.60. The third-order valence-corrected chi connectivity index (χ3v) is 5.29. The quantitative estimate of drug-likeness (QED) is 0.583. The van der Waals surface area contributed by atoms with Crippen LogP contribution in [-0.4, -0.2) is 17.4 Å². The normalized spacial score (nSPS) is 12.1. The van der Waals surface area contributed by atoms with E-state index < -0.39 is 0 Å². The zero-order valence-electron chi connectivity index (χ0n) is 14.6. The maximum absolute atomic E-state index is 12.1. The Morgan fingerprint density at radius 1 is 1.16 bits per heavy atom. The van der Waals surface area contributed by atoms with Crippen molar-refractivity contribution in [2.45, 2.75) is 32.7 Å². The van der Waals surface area contributed by atoms with Gasteiger partial charge in [0, 0.05) is 24.3 Å². The largest absolute Gasteiger partial charge is 0.469 e. The molecule has 0 N–H and O–H groups in total. The molecule has 0 unspecified atom stereocenters. The standard InChI is InChI=1S/C21H23NO2S/c1-16-7-9-18(10-8-16)20(21-6-3-13-24-21)11-12-22(17(2)23)15-19-5-4-14-25-19/h3-10,13-14,20H,11-12,15H2,1-2H3/t20-/m0/s1. The summed E-state index contributed by atoms with van der Waals surface area (Å²) < 4.78 is 5.68. The van der Waals surface area contributed by atoms with Crippen molar-refractivity contribution in [2.24, 2.45) is 0 Å². The number of nitrogens with zero attached hydrogens (tertiary/aromatic N) is 1. The lowest BCUT2D eigenvalue weighted by molar-refractivity contribution is -0.129. The molecule has 3 nitrogen and oxygen atoms in total. The first-order chi connectivity index (χ1) is 12.1. The van der Waals surface area contributed by atoms with Gasteiger partial charge in [0.05, 0.1) is 12.8 Å². The van der Waals surface area contributed by atoms with E-state index in [1.807, 2.05) is 28.5 Å². The highest BCUT2D eigenvalue weighted by molar-refractivity contribution is 7.09. The van der Waals surface area contributed by atoms with E-state index in [-0.39, 0.29) is 11.8 Å². The Balaban J connectivity index is 1.75. The summed E-state index contributed by atoms with van der Waals surface area (Å²) in [5, 5.41) is 2.05. The van der Waals surface area contributed by atoms with Crippen molar-refractivity contribution in [2.75, 3.05) is 6.54 Å². The summed E-state index contributed by atoms with van der Waals surface area (Å²) in [6, 6.07) is 16.6. The summed E-state index contributed by atoms with van der Waals surface area (Å²) in [7, 11) is 0. The molecular formula is C21H23NO2S. The zero-order chi connectivity index (χ0) is 17.6. The van der Waals surface area contributed by atoms with Gasteiger partial charge in [-0.15, -0.1) is 11.3 Å². The summed E-state index contributed by atoms with van der Waals surface area (Å²) >= 11 is 1.69. The first-order valence-electron chi connectivity index (χ1n) is 8.51. The molecule has 2 aromatic heterocycles. The number of amides is 1. The van der Waals surface area contributed by atoms with E-state index in [0.29, 0.717) is 13.1 Å². The highest BCUT2D eigenvalue weighted by atomic mass is 32.1. The summed E-state index contributed by atoms with van der Waals surface area (Å²) in [6.45, 7) is 5.10. The second-order valence-corrected chi connectivity index (χ2v) is 7.32. The van der Waals surface area contributed by atoms with Crippen LogP contribution in [0.15, 0.2) is 64.6 Å². The average molecular weight is 353 g/mol. The molecule has 0 spiro atoms. The number of aryl methyl sites for hydroxylation is 1. The molecule has 0 bridgehead atoms. The Kier molecular flexibility index (Phi) is 5.71. The summed E-state index contributed by atoms with van der Waals surface area (Å²) in [5.74, 6) is 1.21. The van der Waals surface area contributed by atoms with Crippen LogP contribution in [0.4, 0.5) is 0 Å². The Hall–Kier alpha value is -2.33. The maximum Gasteiger partial charge on any atom is 0.219 e. The molecule has 0 aliphatic carbocycles. The van der Waals surface area contributed by atoms with Gasteiger partial charge in [-0.1, -0.05) is 35.9 Å². The monoisotopic (exact) mass is 353 g/mol. The number of rotatable bonds is 7. The van der Waals surface area contributed by atoms with E-state index in [4.69, 9.17) is 4.42 Å². The Morgan fingerprint density at radius 3 is 2.56 bits per heavy atom. The van der Waals surface area contributed by atoms with Crippen molar-refractivity contribution in [3.05, 3.63) is 81.9 Å². The molecule has 0 fully saturated rings. The van der Waals surface area contributed by atoms with Crippen LogP contribution < -0.4 is 0 Å². The van der Waals surface area contributed by atoms with E-state index in [9.17, 15) is 4.79 Å². The smallest absolute Gasteiger partial charge is 0.219 e. The van der Waals surface area contributed by atoms with Gasteiger partial charge in [-0.3, -0.25) is 4.79 Å². The number of carbonyl (C=O) groups excluding carboxylic acids is 1. The van der Waals surface area contributed by atoms with Gasteiger partial charge < -0.3 is 9.32 Å². The van der Waals surface area contributed by atoms with Crippen molar-refractivity contribution in [3.8, 4) is 0 Å². The van der Waals surface area contributed by atoms with Crippen LogP contribution in [0.2, 0.25) is 0 Å². The fraction of sp³-hybridized carbons (Fsp3) is 0.286. The Morgan fingerprint density at radius 2 is 1.96 bits per heavy atom. The lowest BCUT2D eigenvalue weighted by Gasteiger charge is -2.23. The van der Waals surface area contributed by atoms with Gasteiger partial charge in [-0.2, -0.15) is 0 Å². The molecule has 0 saturated heterocycles. The highest BCUT2D eigenvalue weighted by Crippen LogP contribution is 2.29. The fourth-order valence-electron chi connectivity index (χ4n) is 2.98. The molecule has 2 heterocycles. The van der Waals surface area contributed by atoms with Gasteiger partial charge >= 0.3 is 0 Å². The minimum Gasteiger partial charge on any atom is -0.469 e.